The van der Waals surface area contributed by atoms with E-state index >= 15 is 0 Å². The van der Waals surface area contributed by atoms with Crippen molar-refractivity contribution in [3.05, 3.63) is 64.7 Å². The third-order valence-corrected chi connectivity index (χ3v) is 6.10. The third kappa shape index (κ3) is 3.49. The van der Waals surface area contributed by atoms with Crippen molar-refractivity contribution in [3.8, 4) is 11.5 Å². The third-order valence-electron chi connectivity index (χ3n) is 5.20. The van der Waals surface area contributed by atoms with E-state index in [0.29, 0.717) is 26.2 Å². The molecular formula is C21H19ClN6O2S. The first-order valence-electron chi connectivity index (χ1n) is 9.75. The zero-order valence-corrected chi connectivity index (χ0v) is 18.3. The molecule has 8 nitrogen and oxygen atoms in total. The topological polar surface area (TPSA) is 79.4 Å². The van der Waals surface area contributed by atoms with Gasteiger partial charge in [-0.2, -0.15) is 9.61 Å². The van der Waals surface area contributed by atoms with Gasteiger partial charge in [0.1, 0.15) is 24.0 Å². The molecule has 2 aromatic carbocycles. The van der Waals surface area contributed by atoms with E-state index in [0.717, 1.165) is 49.7 Å². The second kappa shape index (κ2) is 7.82. The zero-order valence-electron chi connectivity index (χ0n) is 16.7. The van der Waals surface area contributed by atoms with Gasteiger partial charge in [0.15, 0.2) is 17.3 Å². The van der Waals surface area contributed by atoms with Crippen LogP contribution in [0, 0.1) is 6.92 Å². The Labute approximate surface area is 187 Å². The van der Waals surface area contributed by atoms with E-state index < -0.39 is 0 Å². The number of hydrogen-bond donors (Lipinski definition) is 0. The van der Waals surface area contributed by atoms with Gasteiger partial charge in [-0.15, -0.1) is 22.6 Å². The van der Waals surface area contributed by atoms with E-state index in [1.165, 1.54) is 0 Å². The van der Waals surface area contributed by atoms with E-state index in [1.807, 2.05) is 41.8 Å². The van der Waals surface area contributed by atoms with Crippen molar-refractivity contribution in [3.63, 3.8) is 0 Å². The van der Waals surface area contributed by atoms with Gasteiger partial charge in [-0.25, -0.2) is 4.98 Å². The molecule has 3 aromatic heterocycles. The van der Waals surface area contributed by atoms with Crippen molar-refractivity contribution in [2.75, 3.05) is 13.2 Å². The maximum absolute atomic E-state index is 5.69. The number of rotatable bonds is 4. The summed E-state index contributed by atoms with van der Waals surface area (Å²) in [7, 11) is 0. The van der Waals surface area contributed by atoms with E-state index in [2.05, 4.69) is 31.9 Å². The molecule has 0 saturated carbocycles. The Kier molecular flexibility index (Phi) is 4.99. The van der Waals surface area contributed by atoms with Gasteiger partial charge in [0.2, 0.25) is 4.96 Å². The van der Waals surface area contributed by atoms with E-state index in [1.54, 1.807) is 11.3 Å². The highest BCUT2D eigenvalue weighted by atomic mass is 35.5. The summed E-state index contributed by atoms with van der Waals surface area (Å²) in [6.45, 7) is 3.75. The number of hydrogen-bond acceptors (Lipinski definition) is 7. The maximum atomic E-state index is 5.69. The van der Waals surface area contributed by atoms with Gasteiger partial charge < -0.3 is 14.0 Å². The molecule has 1 aliphatic rings. The van der Waals surface area contributed by atoms with Crippen LogP contribution in [-0.2, 0) is 13.0 Å². The molecule has 5 aromatic rings. The van der Waals surface area contributed by atoms with Gasteiger partial charge in [-0.05, 0) is 36.8 Å². The molecular weight excluding hydrogens is 436 g/mol. The number of benzene rings is 2. The second-order valence-corrected chi connectivity index (χ2v) is 8.24. The summed E-state index contributed by atoms with van der Waals surface area (Å²) in [6.07, 6.45) is 0.705. The molecule has 0 spiro atoms. The van der Waals surface area contributed by atoms with Crippen molar-refractivity contribution < 1.29 is 9.47 Å². The van der Waals surface area contributed by atoms with Crippen LogP contribution in [0.5, 0.6) is 11.5 Å². The summed E-state index contributed by atoms with van der Waals surface area (Å²) in [4.78, 5) is 5.43. The van der Waals surface area contributed by atoms with E-state index in [9.17, 15) is 0 Å². The monoisotopic (exact) mass is 454 g/mol. The number of aromatic nitrogens is 6. The number of ether oxygens (including phenoxy) is 2. The maximum Gasteiger partial charge on any atom is 0.234 e. The number of para-hydroxylation sites is 2. The van der Waals surface area contributed by atoms with Crippen molar-refractivity contribution >= 4 is 39.7 Å². The van der Waals surface area contributed by atoms with E-state index in [4.69, 9.17) is 14.6 Å². The molecule has 10 heteroatoms. The Balaban J connectivity index is 0.00000204. The van der Waals surface area contributed by atoms with Gasteiger partial charge in [0.25, 0.3) is 0 Å². The summed E-state index contributed by atoms with van der Waals surface area (Å²) < 4.78 is 15.3. The molecule has 0 fully saturated rings. The molecule has 158 valence electrons. The summed E-state index contributed by atoms with van der Waals surface area (Å²) in [6, 6.07) is 14.2. The minimum absolute atomic E-state index is 0. The van der Waals surface area contributed by atoms with Crippen LogP contribution in [0.2, 0.25) is 0 Å². The Hall–Kier alpha value is -3.17. The summed E-state index contributed by atoms with van der Waals surface area (Å²) in [5, 5.41) is 14.4. The van der Waals surface area contributed by atoms with Gasteiger partial charge in [-0.1, -0.05) is 29.5 Å². The first kappa shape index (κ1) is 19.8. The van der Waals surface area contributed by atoms with Crippen LogP contribution in [0.25, 0.3) is 16.0 Å². The van der Waals surface area contributed by atoms with Crippen LogP contribution in [0.15, 0.2) is 42.5 Å². The lowest BCUT2D eigenvalue weighted by molar-refractivity contribution is 0.171. The van der Waals surface area contributed by atoms with Crippen LogP contribution >= 0.6 is 23.7 Å². The van der Waals surface area contributed by atoms with Crippen molar-refractivity contribution in [2.45, 2.75) is 19.9 Å². The smallest absolute Gasteiger partial charge is 0.234 e. The van der Waals surface area contributed by atoms with Crippen LogP contribution in [0.3, 0.4) is 0 Å². The summed E-state index contributed by atoms with van der Waals surface area (Å²) in [5.74, 6) is 3.33. The summed E-state index contributed by atoms with van der Waals surface area (Å²) >= 11 is 1.55. The number of nitrogens with zero attached hydrogens (tertiary/aromatic N) is 6. The first-order chi connectivity index (χ1) is 14.7. The molecule has 0 radical (unpaired) electrons. The van der Waals surface area contributed by atoms with Gasteiger partial charge >= 0.3 is 0 Å². The Morgan fingerprint density at radius 1 is 1.03 bits per heavy atom. The molecule has 0 saturated heterocycles. The lowest BCUT2D eigenvalue weighted by Gasteiger charge is -2.18. The highest BCUT2D eigenvalue weighted by Gasteiger charge is 2.17. The number of imidazole rings is 1. The average Bonchev–Trinajstić information content (AvgIpc) is 3.42. The van der Waals surface area contributed by atoms with Crippen LogP contribution in [-0.4, -0.2) is 42.6 Å². The molecule has 31 heavy (non-hydrogen) atoms. The number of fused-ring (bicyclic) bond motifs is 3. The molecule has 1 aliphatic heterocycles. The van der Waals surface area contributed by atoms with Gasteiger partial charge in [0.05, 0.1) is 17.6 Å². The lowest BCUT2D eigenvalue weighted by Crippen LogP contribution is -2.15. The largest absolute Gasteiger partial charge is 0.486 e. The SMILES string of the molecule is Cc1nc2ccccc2n1Cc1nnc2sc(Cc3ccc4c(c3)OCCO4)nn12.Cl. The molecule has 6 rings (SSSR count). The van der Waals surface area contributed by atoms with Gasteiger partial charge in [-0.3, -0.25) is 0 Å². The Morgan fingerprint density at radius 3 is 2.77 bits per heavy atom. The predicted molar refractivity (Wildman–Crippen MR) is 120 cm³/mol. The number of aryl methyl sites for hydroxylation is 1. The molecule has 0 bridgehead atoms. The lowest BCUT2D eigenvalue weighted by atomic mass is 10.1. The van der Waals surface area contributed by atoms with Crippen molar-refractivity contribution in [2.24, 2.45) is 0 Å². The van der Waals surface area contributed by atoms with Crippen LogP contribution < -0.4 is 9.47 Å². The van der Waals surface area contributed by atoms with Crippen LogP contribution in [0.1, 0.15) is 22.2 Å². The first-order valence-corrected chi connectivity index (χ1v) is 10.6. The Bertz CT molecular complexity index is 1390. The van der Waals surface area contributed by atoms with Crippen LogP contribution in [0.4, 0.5) is 0 Å². The fourth-order valence-corrected chi connectivity index (χ4v) is 4.66. The molecule has 0 N–H and O–H groups in total. The standard InChI is InChI=1S/C21H18N6O2S.ClH/c1-13-22-15-4-2-3-5-16(15)26(13)12-19-23-24-21-27(19)25-20(30-21)11-14-6-7-17-18(10-14)29-9-8-28-17;/h2-7,10H,8-9,11-12H2,1H3;1H. The minimum atomic E-state index is 0. The quantitative estimate of drug-likeness (QED) is 0.412. The van der Waals surface area contributed by atoms with Gasteiger partial charge in [0, 0.05) is 6.42 Å². The fourth-order valence-electron chi connectivity index (χ4n) is 3.78. The molecule has 0 atom stereocenters. The summed E-state index contributed by atoms with van der Waals surface area (Å²) in [5.41, 5.74) is 3.19. The zero-order chi connectivity index (χ0) is 20.1. The average molecular weight is 455 g/mol. The Morgan fingerprint density at radius 2 is 1.87 bits per heavy atom. The molecule has 0 unspecified atom stereocenters. The second-order valence-electron chi connectivity index (χ2n) is 7.20. The molecule has 4 heterocycles. The van der Waals surface area contributed by atoms with Crippen molar-refractivity contribution in [1.29, 1.82) is 0 Å². The molecule has 0 aliphatic carbocycles. The van der Waals surface area contributed by atoms with Crippen molar-refractivity contribution in [1.82, 2.24) is 29.4 Å². The normalized spacial score (nSPS) is 12.9. The highest BCUT2D eigenvalue weighted by molar-refractivity contribution is 7.16. The molecule has 0 amide bonds. The number of halogens is 1. The van der Waals surface area contributed by atoms with E-state index in [-0.39, 0.29) is 12.4 Å². The fraction of sp³-hybridized carbons (Fsp3) is 0.238. The predicted octanol–water partition coefficient (Wildman–Crippen LogP) is 3.68. The highest BCUT2D eigenvalue weighted by Crippen LogP contribution is 2.32. The minimum Gasteiger partial charge on any atom is -0.486 e.